The third-order valence-corrected chi connectivity index (χ3v) is 9.33. The van der Waals surface area contributed by atoms with E-state index in [9.17, 15) is 14.4 Å². The van der Waals surface area contributed by atoms with Gasteiger partial charge in [-0.3, -0.25) is 0 Å². The fourth-order valence-corrected chi connectivity index (χ4v) is 7.43. The lowest BCUT2D eigenvalue weighted by atomic mass is 9.97. The van der Waals surface area contributed by atoms with Crippen LogP contribution in [0.4, 0.5) is 25.3 Å². The number of thiazole rings is 1. The molecule has 2 fully saturated rings. The van der Waals surface area contributed by atoms with E-state index >= 15 is 0 Å². The quantitative estimate of drug-likeness (QED) is 0.391. The first-order valence-electron chi connectivity index (χ1n) is 12.5. The topological polar surface area (TPSA) is 120 Å². The molecule has 0 spiro atoms. The van der Waals surface area contributed by atoms with Crippen molar-refractivity contribution in [3.05, 3.63) is 40.7 Å². The summed E-state index contributed by atoms with van der Waals surface area (Å²) in [5, 5.41) is 16.2. The van der Waals surface area contributed by atoms with Crippen LogP contribution in [0.2, 0.25) is 0 Å². The molecule has 0 aliphatic carbocycles. The number of fused-ring (bicyclic) bond motifs is 2. The molecule has 2 aliphatic heterocycles. The SMILES string of the molecule is CCc1nc2sc(N3CCC4C3CCCN4C(N)=O)nn2c1N(C)c1nc(-c2ccc(F)cc2)c(C#N)s1. The maximum Gasteiger partial charge on any atom is 0.315 e. The molecule has 10 nitrogen and oxygen atoms in total. The molecule has 2 N–H and O–H groups in total. The number of imidazole rings is 1. The molecular formula is C25H26FN9OS2. The van der Waals surface area contributed by atoms with Gasteiger partial charge in [-0.1, -0.05) is 29.6 Å². The van der Waals surface area contributed by atoms with Crippen molar-refractivity contribution in [3.63, 3.8) is 0 Å². The zero-order valence-electron chi connectivity index (χ0n) is 21.0. The van der Waals surface area contributed by atoms with Gasteiger partial charge in [0.15, 0.2) is 10.9 Å². The van der Waals surface area contributed by atoms with Gasteiger partial charge in [0.05, 0.1) is 17.8 Å². The van der Waals surface area contributed by atoms with Crippen molar-refractivity contribution < 1.29 is 9.18 Å². The van der Waals surface area contributed by atoms with Crippen LogP contribution in [-0.4, -0.2) is 62.7 Å². The monoisotopic (exact) mass is 551 g/mol. The van der Waals surface area contributed by atoms with Crippen molar-refractivity contribution >= 4 is 49.7 Å². The van der Waals surface area contributed by atoms with Gasteiger partial charge in [-0.25, -0.2) is 19.2 Å². The first-order chi connectivity index (χ1) is 18.4. The second-order valence-corrected chi connectivity index (χ2v) is 11.4. The number of piperidine rings is 1. The van der Waals surface area contributed by atoms with Gasteiger partial charge >= 0.3 is 6.03 Å². The molecule has 2 amide bonds. The van der Waals surface area contributed by atoms with Gasteiger partial charge in [0, 0.05) is 25.7 Å². The highest BCUT2D eigenvalue weighted by Crippen LogP contribution is 2.40. The highest BCUT2D eigenvalue weighted by Gasteiger charge is 2.43. The van der Waals surface area contributed by atoms with Gasteiger partial charge in [-0.15, -0.1) is 5.10 Å². The number of primary amides is 1. The predicted molar refractivity (Wildman–Crippen MR) is 146 cm³/mol. The number of likely N-dealkylation sites (tertiary alicyclic amines) is 1. The third kappa shape index (κ3) is 3.95. The first-order valence-corrected chi connectivity index (χ1v) is 14.1. The van der Waals surface area contributed by atoms with Crippen LogP contribution in [0.1, 0.15) is 36.8 Å². The van der Waals surface area contributed by atoms with E-state index in [0.29, 0.717) is 34.2 Å². The predicted octanol–water partition coefficient (Wildman–Crippen LogP) is 4.38. The van der Waals surface area contributed by atoms with Crippen LogP contribution in [0.3, 0.4) is 0 Å². The van der Waals surface area contributed by atoms with E-state index in [2.05, 4.69) is 11.0 Å². The van der Waals surface area contributed by atoms with E-state index in [0.717, 1.165) is 47.4 Å². The number of halogens is 1. The largest absolute Gasteiger partial charge is 0.351 e. The van der Waals surface area contributed by atoms with Crippen molar-refractivity contribution in [2.45, 2.75) is 44.7 Å². The van der Waals surface area contributed by atoms with E-state index in [1.54, 1.807) is 17.0 Å². The Labute approximate surface area is 226 Å². The number of hydrogen-bond acceptors (Lipinski definition) is 9. The van der Waals surface area contributed by atoms with Gasteiger partial charge in [0.2, 0.25) is 10.1 Å². The smallest absolute Gasteiger partial charge is 0.315 e. The zero-order chi connectivity index (χ0) is 26.6. The number of carbonyl (C=O) groups excluding carboxylic acids is 1. The Bertz CT molecular complexity index is 1550. The lowest BCUT2D eigenvalue weighted by Gasteiger charge is -2.38. The average Bonchev–Trinajstić information content (AvgIpc) is 3.69. The van der Waals surface area contributed by atoms with E-state index in [1.807, 2.05) is 23.4 Å². The number of anilines is 3. The van der Waals surface area contributed by atoms with Crippen LogP contribution < -0.4 is 15.5 Å². The summed E-state index contributed by atoms with van der Waals surface area (Å²) in [5.41, 5.74) is 7.74. The Morgan fingerprint density at radius 3 is 2.71 bits per heavy atom. The Kier molecular flexibility index (Phi) is 6.16. The number of benzene rings is 1. The molecular weight excluding hydrogens is 525 g/mol. The fourth-order valence-electron chi connectivity index (χ4n) is 5.58. The second-order valence-electron chi connectivity index (χ2n) is 9.46. The third-order valence-electron chi connectivity index (χ3n) is 7.35. The number of amides is 2. The minimum atomic E-state index is -0.354. The summed E-state index contributed by atoms with van der Waals surface area (Å²) >= 11 is 2.81. The van der Waals surface area contributed by atoms with E-state index in [4.69, 9.17) is 20.8 Å². The minimum Gasteiger partial charge on any atom is -0.351 e. The van der Waals surface area contributed by atoms with Gasteiger partial charge in [0.1, 0.15) is 22.5 Å². The summed E-state index contributed by atoms with van der Waals surface area (Å²) in [5.74, 6) is 0.459. The maximum atomic E-state index is 13.5. The summed E-state index contributed by atoms with van der Waals surface area (Å²) in [7, 11) is 1.90. The molecule has 196 valence electrons. The molecule has 0 saturated carbocycles. The number of nitrogens with two attached hydrogens (primary N) is 1. The number of hydrogen-bond donors (Lipinski definition) is 1. The van der Waals surface area contributed by atoms with E-state index in [-0.39, 0.29) is 23.9 Å². The number of carbonyl (C=O) groups is 1. The van der Waals surface area contributed by atoms with Gasteiger partial charge in [-0.05, 0) is 49.9 Å². The molecule has 0 radical (unpaired) electrons. The Morgan fingerprint density at radius 1 is 1.21 bits per heavy atom. The average molecular weight is 552 g/mol. The van der Waals surface area contributed by atoms with Crippen molar-refractivity contribution in [2.75, 3.05) is 29.9 Å². The lowest BCUT2D eigenvalue weighted by Crippen LogP contribution is -2.53. The molecule has 4 aromatic rings. The number of urea groups is 1. The highest BCUT2D eigenvalue weighted by atomic mass is 32.1. The molecule has 0 bridgehead atoms. The molecule has 3 aromatic heterocycles. The van der Waals surface area contributed by atoms with Crippen LogP contribution in [0.25, 0.3) is 16.2 Å². The van der Waals surface area contributed by atoms with Crippen LogP contribution in [-0.2, 0) is 6.42 Å². The summed E-state index contributed by atoms with van der Waals surface area (Å²) < 4.78 is 15.3. The summed E-state index contributed by atoms with van der Waals surface area (Å²) in [6.07, 6.45) is 3.48. The molecule has 6 rings (SSSR count). The van der Waals surface area contributed by atoms with Crippen LogP contribution in [0, 0.1) is 17.1 Å². The first kappa shape index (κ1) is 24.6. The van der Waals surface area contributed by atoms with Crippen molar-refractivity contribution in [2.24, 2.45) is 5.73 Å². The van der Waals surface area contributed by atoms with E-state index in [1.165, 1.54) is 34.8 Å². The van der Waals surface area contributed by atoms with Gasteiger partial charge in [0.25, 0.3) is 0 Å². The number of nitriles is 1. The minimum absolute atomic E-state index is 0.107. The standard InChI is InChI=1S/C25H26FN9OS2/c1-3-16-21(32(2)23-30-20(19(13-27)37-23)14-6-8-15(26)9-7-14)35-24(29-16)38-25(31-35)34-12-10-18-17(34)5-4-11-33(18)22(28)36/h6-9,17-18H,3-5,10-12H2,1-2H3,(H2,28,36). The van der Waals surface area contributed by atoms with Gasteiger partial charge < -0.3 is 20.4 Å². The number of rotatable bonds is 5. The fraction of sp³-hybridized carbons (Fsp3) is 0.400. The van der Waals surface area contributed by atoms with Crippen molar-refractivity contribution in [3.8, 4) is 17.3 Å². The second kappa shape index (κ2) is 9.52. The summed E-state index contributed by atoms with van der Waals surface area (Å²) in [6, 6.07) is 8.16. The Hall–Kier alpha value is -3.76. The molecule has 2 saturated heterocycles. The summed E-state index contributed by atoms with van der Waals surface area (Å²) in [4.78, 5) is 28.8. The number of aromatic nitrogens is 4. The highest BCUT2D eigenvalue weighted by molar-refractivity contribution is 7.20. The molecule has 38 heavy (non-hydrogen) atoms. The number of aryl methyl sites for hydroxylation is 1. The van der Waals surface area contributed by atoms with E-state index < -0.39 is 0 Å². The molecule has 2 aliphatic rings. The Balaban J connectivity index is 1.36. The van der Waals surface area contributed by atoms with Crippen LogP contribution in [0.15, 0.2) is 24.3 Å². The molecule has 2 unspecified atom stereocenters. The Morgan fingerprint density at radius 2 is 2.00 bits per heavy atom. The van der Waals surface area contributed by atoms with Crippen LogP contribution >= 0.6 is 22.7 Å². The van der Waals surface area contributed by atoms with Gasteiger partial charge in [-0.2, -0.15) is 9.78 Å². The molecule has 13 heteroatoms. The maximum absolute atomic E-state index is 13.5. The van der Waals surface area contributed by atoms with Crippen molar-refractivity contribution in [1.82, 2.24) is 24.5 Å². The zero-order valence-corrected chi connectivity index (χ0v) is 22.6. The summed E-state index contributed by atoms with van der Waals surface area (Å²) in [6.45, 7) is 3.56. The lowest BCUT2D eigenvalue weighted by molar-refractivity contribution is 0.156. The number of nitrogens with zero attached hydrogens (tertiary/aromatic N) is 8. The van der Waals surface area contributed by atoms with Crippen LogP contribution in [0.5, 0.6) is 0 Å². The molecule has 2 atom stereocenters. The van der Waals surface area contributed by atoms with Crippen molar-refractivity contribution in [1.29, 1.82) is 5.26 Å². The molecule has 1 aromatic carbocycles. The normalized spacial score (nSPS) is 19.1. The molecule has 5 heterocycles.